The molecule has 2 aromatic heterocycles. The first-order chi connectivity index (χ1) is 15.6. The molecule has 0 fully saturated rings. The molecule has 0 bridgehead atoms. The maximum atomic E-state index is 14.5. The van der Waals surface area contributed by atoms with Gasteiger partial charge in [-0.3, -0.25) is 4.79 Å². The number of nitrogens with two attached hydrogens (primary N) is 1. The van der Waals surface area contributed by atoms with Crippen LogP contribution < -0.4 is 11.1 Å². The van der Waals surface area contributed by atoms with Crippen LogP contribution in [0.5, 0.6) is 0 Å². The molecule has 0 atom stereocenters. The Labute approximate surface area is 200 Å². The molecule has 1 aliphatic heterocycles. The van der Waals surface area contributed by atoms with Gasteiger partial charge in [0.15, 0.2) is 11.6 Å². The van der Waals surface area contributed by atoms with Gasteiger partial charge in [0.1, 0.15) is 11.6 Å². The van der Waals surface area contributed by atoms with Gasteiger partial charge < -0.3 is 11.1 Å². The first-order valence-corrected chi connectivity index (χ1v) is 11.0. The summed E-state index contributed by atoms with van der Waals surface area (Å²) in [7, 11) is 0. The molecule has 0 unspecified atom stereocenters. The minimum Gasteiger partial charge on any atom is -0.383 e. The molecule has 11 heteroatoms. The lowest BCUT2D eigenvalue weighted by molar-refractivity contribution is -0.119. The minimum atomic E-state index is -0.961. The van der Waals surface area contributed by atoms with E-state index in [2.05, 4.69) is 36.3 Å². The maximum absolute atomic E-state index is 14.5. The van der Waals surface area contributed by atoms with Crippen molar-refractivity contribution in [2.75, 3.05) is 11.1 Å². The summed E-state index contributed by atoms with van der Waals surface area (Å²) in [5, 5.41) is 8.38. The molecule has 1 aliphatic rings. The summed E-state index contributed by atoms with van der Waals surface area (Å²) < 4.78 is 30.2. The van der Waals surface area contributed by atoms with Gasteiger partial charge in [-0.25, -0.2) is 8.78 Å². The van der Waals surface area contributed by atoms with Gasteiger partial charge in [0.2, 0.25) is 5.91 Å². The fourth-order valence-electron chi connectivity index (χ4n) is 3.98. The molecule has 0 saturated carbocycles. The third kappa shape index (κ3) is 3.36. The predicted octanol–water partition coefficient (Wildman–Crippen LogP) is 4.91. The first kappa shape index (κ1) is 21.7. The standard InChI is InChI=1S/C22H16BrClF2N6O/c1-22(2)16-18(27)28-21(30-19(16)29-20(22)33)32-15-6-3-9(24)7-11(15)14(31-32)8-10-12(23)4-5-13(25)17(10)26/h3-7H,8H2,1-2H3,(H3,27,28,29,30,33). The molecular formula is C22H16BrClF2N6O. The van der Waals surface area contributed by atoms with E-state index in [1.54, 1.807) is 32.0 Å². The minimum absolute atomic E-state index is 0.0157. The van der Waals surface area contributed by atoms with Gasteiger partial charge in [-0.05, 0) is 44.2 Å². The fraction of sp³-hybridized carbons (Fsp3) is 0.182. The number of fused-ring (bicyclic) bond motifs is 2. The molecule has 1 amide bonds. The molecule has 3 heterocycles. The molecule has 0 saturated heterocycles. The Morgan fingerprint density at radius 2 is 1.97 bits per heavy atom. The van der Waals surface area contributed by atoms with Gasteiger partial charge in [0, 0.05) is 26.9 Å². The number of anilines is 2. The number of nitrogen functional groups attached to an aromatic ring is 1. The van der Waals surface area contributed by atoms with Crippen LogP contribution in [0.25, 0.3) is 16.9 Å². The van der Waals surface area contributed by atoms with Crippen molar-refractivity contribution < 1.29 is 13.6 Å². The molecule has 2 aromatic carbocycles. The molecule has 0 aliphatic carbocycles. The highest BCUT2D eigenvalue weighted by atomic mass is 79.9. The first-order valence-electron chi connectivity index (χ1n) is 9.87. The Hall–Kier alpha value is -3.11. The average Bonchev–Trinajstić information content (AvgIpc) is 3.22. The topological polar surface area (TPSA) is 98.7 Å². The largest absolute Gasteiger partial charge is 0.383 e. The summed E-state index contributed by atoms with van der Waals surface area (Å²) in [5.41, 5.74) is 6.98. The normalized spacial score (nSPS) is 14.5. The Kier molecular flexibility index (Phi) is 4.91. The zero-order valence-corrected chi connectivity index (χ0v) is 19.7. The summed E-state index contributed by atoms with van der Waals surface area (Å²) in [6, 6.07) is 7.57. The van der Waals surface area contributed by atoms with Gasteiger partial charge >= 0.3 is 0 Å². The highest BCUT2D eigenvalue weighted by Gasteiger charge is 2.42. The Bertz CT molecular complexity index is 1490. The van der Waals surface area contributed by atoms with Gasteiger partial charge in [0.05, 0.1) is 22.2 Å². The fourth-order valence-corrected chi connectivity index (χ4v) is 4.60. The van der Waals surface area contributed by atoms with Gasteiger partial charge in [-0.15, -0.1) is 0 Å². The van der Waals surface area contributed by atoms with E-state index in [0.717, 1.165) is 6.07 Å². The van der Waals surface area contributed by atoms with E-state index >= 15 is 0 Å². The van der Waals surface area contributed by atoms with Crippen molar-refractivity contribution in [1.29, 1.82) is 0 Å². The van der Waals surface area contributed by atoms with Crippen molar-refractivity contribution >= 4 is 56.0 Å². The summed E-state index contributed by atoms with van der Waals surface area (Å²) in [6.07, 6.45) is -0.0157. The number of nitrogens with one attached hydrogen (secondary N) is 1. The van der Waals surface area contributed by atoms with Gasteiger partial charge in [-0.1, -0.05) is 27.5 Å². The highest BCUT2D eigenvalue weighted by Crippen LogP contribution is 2.40. The number of amides is 1. The Balaban J connectivity index is 1.70. The second kappa shape index (κ2) is 7.46. The van der Waals surface area contributed by atoms with Gasteiger partial charge in [0.25, 0.3) is 5.95 Å². The molecular weight excluding hydrogens is 518 g/mol. The van der Waals surface area contributed by atoms with Crippen LogP contribution in [0.3, 0.4) is 0 Å². The van der Waals surface area contributed by atoms with E-state index in [1.165, 1.54) is 10.7 Å². The van der Waals surface area contributed by atoms with Gasteiger partial charge in [-0.2, -0.15) is 19.7 Å². The van der Waals surface area contributed by atoms with E-state index in [1.807, 2.05) is 0 Å². The van der Waals surface area contributed by atoms with Crippen molar-refractivity contribution in [2.24, 2.45) is 0 Å². The summed E-state index contributed by atoms with van der Waals surface area (Å²) >= 11 is 9.49. The van der Waals surface area contributed by atoms with Crippen molar-refractivity contribution in [3.63, 3.8) is 0 Å². The molecule has 4 aromatic rings. The number of carbonyl (C=O) groups excluding carboxylic acids is 1. The number of nitrogens with zero attached hydrogens (tertiary/aromatic N) is 4. The van der Waals surface area contributed by atoms with Crippen molar-refractivity contribution in [3.8, 4) is 5.95 Å². The Morgan fingerprint density at radius 3 is 2.73 bits per heavy atom. The number of rotatable bonds is 3. The molecule has 33 heavy (non-hydrogen) atoms. The van der Waals surface area contributed by atoms with E-state index in [4.69, 9.17) is 17.3 Å². The zero-order chi connectivity index (χ0) is 23.7. The number of hydrogen-bond acceptors (Lipinski definition) is 5. The number of carbonyl (C=O) groups is 1. The lowest BCUT2D eigenvalue weighted by Crippen LogP contribution is -2.27. The van der Waals surface area contributed by atoms with Crippen LogP contribution in [0.4, 0.5) is 20.4 Å². The monoisotopic (exact) mass is 532 g/mol. The molecule has 5 rings (SSSR count). The summed E-state index contributed by atoms with van der Waals surface area (Å²) in [4.78, 5) is 21.2. The number of halogens is 4. The summed E-state index contributed by atoms with van der Waals surface area (Å²) in [6.45, 7) is 3.48. The molecule has 3 N–H and O–H groups in total. The second-order valence-electron chi connectivity index (χ2n) is 8.23. The van der Waals surface area contributed by atoms with Crippen LogP contribution >= 0.6 is 27.5 Å². The lowest BCUT2D eigenvalue weighted by atomic mass is 9.87. The number of hydrogen-bond donors (Lipinski definition) is 2. The summed E-state index contributed by atoms with van der Waals surface area (Å²) in [5.74, 6) is -1.57. The van der Waals surface area contributed by atoms with E-state index in [9.17, 15) is 13.6 Å². The Morgan fingerprint density at radius 1 is 1.21 bits per heavy atom. The van der Waals surface area contributed by atoms with Crippen LogP contribution in [0.2, 0.25) is 5.02 Å². The predicted molar refractivity (Wildman–Crippen MR) is 125 cm³/mol. The van der Waals surface area contributed by atoms with Crippen molar-refractivity contribution in [2.45, 2.75) is 25.7 Å². The SMILES string of the molecule is CC1(C)C(=O)Nc2nc(-n3nc(Cc4c(Br)ccc(F)c4F)c4cc(Cl)ccc43)nc(N)c21. The second-order valence-corrected chi connectivity index (χ2v) is 9.52. The van der Waals surface area contributed by atoms with Crippen LogP contribution in [0, 0.1) is 11.6 Å². The van der Waals surface area contributed by atoms with E-state index in [0.29, 0.717) is 37.5 Å². The third-order valence-corrected chi connectivity index (χ3v) is 6.72. The molecule has 0 radical (unpaired) electrons. The molecule has 168 valence electrons. The zero-order valence-electron chi connectivity index (χ0n) is 17.4. The maximum Gasteiger partial charge on any atom is 0.255 e. The van der Waals surface area contributed by atoms with Crippen LogP contribution in [-0.2, 0) is 16.6 Å². The van der Waals surface area contributed by atoms with Crippen LogP contribution in [0.1, 0.15) is 30.7 Å². The molecule has 0 spiro atoms. The van der Waals surface area contributed by atoms with Crippen molar-refractivity contribution in [1.82, 2.24) is 19.7 Å². The average molecular weight is 534 g/mol. The third-order valence-electron chi connectivity index (χ3n) is 5.74. The highest BCUT2D eigenvalue weighted by molar-refractivity contribution is 9.10. The molecule has 7 nitrogen and oxygen atoms in total. The van der Waals surface area contributed by atoms with Crippen molar-refractivity contribution in [3.05, 3.63) is 68.3 Å². The van der Waals surface area contributed by atoms with Crippen LogP contribution in [0.15, 0.2) is 34.8 Å². The number of benzene rings is 2. The number of aromatic nitrogens is 4. The lowest BCUT2D eigenvalue weighted by Gasteiger charge is -2.16. The van der Waals surface area contributed by atoms with Crippen LogP contribution in [-0.4, -0.2) is 25.7 Å². The van der Waals surface area contributed by atoms with E-state index in [-0.39, 0.29) is 29.7 Å². The van der Waals surface area contributed by atoms with E-state index < -0.39 is 17.0 Å². The quantitative estimate of drug-likeness (QED) is 0.365. The smallest absolute Gasteiger partial charge is 0.255 e.